The summed E-state index contributed by atoms with van der Waals surface area (Å²) in [5.41, 5.74) is 3.18. The molecule has 1 unspecified atom stereocenters. The van der Waals surface area contributed by atoms with Crippen LogP contribution in [-0.2, 0) is 9.47 Å². The molecule has 5 nitrogen and oxygen atoms in total. The van der Waals surface area contributed by atoms with Crippen LogP contribution in [0.4, 0.5) is 0 Å². The predicted molar refractivity (Wildman–Crippen MR) is 89.4 cm³/mol. The number of hydrogen-bond acceptors (Lipinski definition) is 4. The zero-order valence-corrected chi connectivity index (χ0v) is 14.4. The molecule has 2 aromatic rings. The molecule has 124 valence electrons. The summed E-state index contributed by atoms with van der Waals surface area (Å²) in [5.74, 6) is 0.346. The van der Waals surface area contributed by atoms with Gasteiger partial charge in [-0.1, -0.05) is 23.8 Å². The highest BCUT2D eigenvalue weighted by atomic mass is 16.5. The van der Waals surface area contributed by atoms with E-state index in [0.29, 0.717) is 24.6 Å². The Bertz CT molecular complexity index is 692. The number of hydrogen-bond donors (Lipinski definition) is 0. The Morgan fingerprint density at radius 1 is 1.26 bits per heavy atom. The normalized spacial score (nSPS) is 12.2. The van der Waals surface area contributed by atoms with Crippen molar-refractivity contribution < 1.29 is 14.3 Å². The predicted octanol–water partition coefficient (Wildman–Crippen LogP) is 3.90. The van der Waals surface area contributed by atoms with Gasteiger partial charge in [-0.2, -0.15) is 0 Å². The van der Waals surface area contributed by atoms with Crippen molar-refractivity contribution in [3.63, 3.8) is 0 Å². The lowest BCUT2D eigenvalue weighted by Gasteiger charge is -2.19. The molecule has 2 rings (SSSR count). The summed E-state index contributed by atoms with van der Waals surface area (Å²) >= 11 is 0. The van der Waals surface area contributed by atoms with E-state index in [1.807, 2.05) is 56.5 Å². The molecular weight excluding hydrogens is 292 g/mol. The van der Waals surface area contributed by atoms with Crippen LogP contribution >= 0.6 is 0 Å². The highest BCUT2D eigenvalue weighted by molar-refractivity contribution is 5.90. The fraction of sp³-hybridized carbons (Fsp3) is 0.444. The van der Waals surface area contributed by atoms with Gasteiger partial charge in [-0.25, -0.2) is 9.78 Å². The molecule has 0 saturated heterocycles. The van der Waals surface area contributed by atoms with E-state index >= 15 is 0 Å². The summed E-state index contributed by atoms with van der Waals surface area (Å²) in [4.78, 5) is 17.0. The standard InChI is InChI=1S/C18H24N2O3/c1-6-22-14(5)20-16(18(21)23-7-2)13(4)19-17(20)15-10-8-9-12(3)11-15/h8-11,14H,6-7H2,1-5H3. The first-order chi connectivity index (χ1) is 11.0. The van der Waals surface area contributed by atoms with Gasteiger partial charge in [-0.15, -0.1) is 0 Å². The molecule has 1 heterocycles. The fourth-order valence-electron chi connectivity index (χ4n) is 2.65. The minimum absolute atomic E-state index is 0.309. The van der Waals surface area contributed by atoms with E-state index in [9.17, 15) is 4.79 Å². The Balaban J connectivity index is 2.62. The Morgan fingerprint density at radius 3 is 2.61 bits per heavy atom. The van der Waals surface area contributed by atoms with Gasteiger partial charge in [0.1, 0.15) is 12.1 Å². The largest absolute Gasteiger partial charge is 0.461 e. The molecule has 0 aliphatic heterocycles. The van der Waals surface area contributed by atoms with E-state index in [-0.39, 0.29) is 12.2 Å². The van der Waals surface area contributed by atoms with Gasteiger partial charge in [-0.05, 0) is 40.7 Å². The molecule has 0 fully saturated rings. The molecule has 0 bridgehead atoms. The van der Waals surface area contributed by atoms with Gasteiger partial charge in [-0.3, -0.25) is 4.57 Å². The highest BCUT2D eigenvalue weighted by Crippen LogP contribution is 2.28. The number of rotatable bonds is 6. The van der Waals surface area contributed by atoms with Crippen LogP contribution in [0.25, 0.3) is 11.4 Å². The van der Waals surface area contributed by atoms with Crippen molar-refractivity contribution in [1.82, 2.24) is 9.55 Å². The first-order valence-corrected chi connectivity index (χ1v) is 7.94. The molecule has 0 N–H and O–H groups in total. The molecule has 5 heteroatoms. The van der Waals surface area contributed by atoms with E-state index in [1.165, 1.54) is 0 Å². The van der Waals surface area contributed by atoms with Gasteiger partial charge >= 0.3 is 5.97 Å². The number of aromatic nitrogens is 2. The molecule has 0 aliphatic rings. The Kier molecular flexibility index (Phi) is 5.55. The third kappa shape index (κ3) is 3.62. The number of ether oxygens (including phenoxy) is 2. The number of benzene rings is 1. The van der Waals surface area contributed by atoms with Gasteiger partial charge < -0.3 is 9.47 Å². The van der Waals surface area contributed by atoms with Crippen molar-refractivity contribution >= 4 is 5.97 Å². The molecular formula is C18H24N2O3. The summed E-state index contributed by atoms with van der Waals surface area (Å²) in [5, 5.41) is 0. The maximum atomic E-state index is 12.4. The number of carbonyl (C=O) groups excluding carboxylic acids is 1. The Morgan fingerprint density at radius 2 is 2.00 bits per heavy atom. The number of aryl methyl sites for hydroxylation is 2. The van der Waals surface area contributed by atoms with Crippen LogP contribution in [0.3, 0.4) is 0 Å². The molecule has 1 atom stereocenters. The minimum Gasteiger partial charge on any atom is -0.461 e. The van der Waals surface area contributed by atoms with Crippen LogP contribution in [0, 0.1) is 13.8 Å². The zero-order valence-electron chi connectivity index (χ0n) is 14.4. The fourth-order valence-corrected chi connectivity index (χ4v) is 2.65. The Hall–Kier alpha value is -2.14. The molecule has 1 aromatic carbocycles. The molecule has 0 saturated carbocycles. The van der Waals surface area contributed by atoms with Crippen molar-refractivity contribution in [2.45, 2.75) is 40.8 Å². The number of esters is 1. The second kappa shape index (κ2) is 7.42. The van der Waals surface area contributed by atoms with E-state index in [1.54, 1.807) is 6.92 Å². The van der Waals surface area contributed by atoms with Gasteiger partial charge in [0.05, 0.1) is 12.3 Å². The van der Waals surface area contributed by atoms with E-state index < -0.39 is 0 Å². The van der Waals surface area contributed by atoms with Crippen LogP contribution in [-0.4, -0.2) is 28.7 Å². The number of carbonyl (C=O) groups is 1. The molecule has 1 aromatic heterocycles. The monoisotopic (exact) mass is 316 g/mol. The second-order valence-electron chi connectivity index (χ2n) is 5.38. The Labute approximate surface area is 137 Å². The third-order valence-corrected chi connectivity index (χ3v) is 3.60. The molecule has 0 spiro atoms. The molecule has 0 radical (unpaired) electrons. The minimum atomic E-state index is -0.372. The summed E-state index contributed by atoms with van der Waals surface area (Å²) in [6, 6.07) is 8.04. The average molecular weight is 316 g/mol. The van der Waals surface area contributed by atoms with Crippen LogP contribution in [0.15, 0.2) is 24.3 Å². The van der Waals surface area contributed by atoms with Crippen molar-refractivity contribution in [2.24, 2.45) is 0 Å². The third-order valence-electron chi connectivity index (χ3n) is 3.60. The van der Waals surface area contributed by atoms with E-state index in [2.05, 4.69) is 4.98 Å². The van der Waals surface area contributed by atoms with Crippen LogP contribution in [0.5, 0.6) is 0 Å². The van der Waals surface area contributed by atoms with Gasteiger partial charge in [0.2, 0.25) is 0 Å². The second-order valence-corrected chi connectivity index (χ2v) is 5.38. The van der Waals surface area contributed by atoms with Gasteiger partial charge in [0.25, 0.3) is 0 Å². The highest BCUT2D eigenvalue weighted by Gasteiger charge is 2.25. The van der Waals surface area contributed by atoms with Crippen molar-refractivity contribution in [3.8, 4) is 11.4 Å². The quantitative estimate of drug-likeness (QED) is 0.759. The molecule has 0 amide bonds. The lowest BCUT2D eigenvalue weighted by molar-refractivity contribution is 0.0195. The van der Waals surface area contributed by atoms with Crippen molar-refractivity contribution in [3.05, 3.63) is 41.2 Å². The lowest BCUT2D eigenvalue weighted by Crippen LogP contribution is -2.19. The van der Waals surface area contributed by atoms with Gasteiger partial charge in [0, 0.05) is 12.2 Å². The van der Waals surface area contributed by atoms with Crippen LogP contribution < -0.4 is 0 Å². The molecule has 0 aliphatic carbocycles. The maximum absolute atomic E-state index is 12.4. The zero-order chi connectivity index (χ0) is 17.0. The first kappa shape index (κ1) is 17.2. The topological polar surface area (TPSA) is 53.3 Å². The van der Waals surface area contributed by atoms with E-state index in [4.69, 9.17) is 9.47 Å². The smallest absolute Gasteiger partial charge is 0.356 e. The van der Waals surface area contributed by atoms with Crippen molar-refractivity contribution in [2.75, 3.05) is 13.2 Å². The lowest BCUT2D eigenvalue weighted by atomic mass is 10.1. The average Bonchev–Trinajstić information content (AvgIpc) is 2.85. The number of nitrogens with zero attached hydrogens (tertiary/aromatic N) is 2. The van der Waals surface area contributed by atoms with Crippen LogP contribution in [0.1, 0.15) is 48.7 Å². The SMILES string of the molecule is CCOC(=O)c1c(C)nc(-c2cccc(C)c2)n1C(C)OCC. The summed E-state index contributed by atoms with van der Waals surface area (Å²) in [7, 11) is 0. The molecule has 23 heavy (non-hydrogen) atoms. The van der Waals surface area contributed by atoms with Crippen molar-refractivity contribution in [1.29, 1.82) is 0 Å². The summed E-state index contributed by atoms with van der Waals surface area (Å²) < 4.78 is 12.7. The number of imidazole rings is 1. The summed E-state index contributed by atoms with van der Waals surface area (Å²) in [6.45, 7) is 10.4. The van der Waals surface area contributed by atoms with Crippen LogP contribution in [0.2, 0.25) is 0 Å². The summed E-state index contributed by atoms with van der Waals surface area (Å²) in [6.07, 6.45) is -0.309. The van der Waals surface area contributed by atoms with E-state index in [0.717, 1.165) is 17.0 Å². The first-order valence-electron chi connectivity index (χ1n) is 7.94. The maximum Gasteiger partial charge on any atom is 0.356 e. The van der Waals surface area contributed by atoms with Gasteiger partial charge in [0.15, 0.2) is 5.69 Å².